The Morgan fingerprint density at radius 1 is 1.08 bits per heavy atom. The van der Waals surface area contributed by atoms with E-state index in [0.717, 1.165) is 18.4 Å². The van der Waals surface area contributed by atoms with E-state index in [1.807, 2.05) is 37.3 Å². The Labute approximate surface area is 153 Å². The van der Waals surface area contributed by atoms with Crippen molar-refractivity contribution in [3.63, 3.8) is 0 Å². The number of amides is 2. The zero-order chi connectivity index (χ0) is 18.7. The summed E-state index contributed by atoms with van der Waals surface area (Å²) in [6, 6.07) is 9.62. The highest BCUT2D eigenvalue weighted by Crippen LogP contribution is 2.27. The van der Waals surface area contributed by atoms with Crippen molar-refractivity contribution < 1.29 is 19.5 Å². The summed E-state index contributed by atoms with van der Waals surface area (Å²) in [4.78, 5) is 40.2. The number of benzene rings is 1. The summed E-state index contributed by atoms with van der Waals surface area (Å²) < 4.78 is 0. The summed E-state index contributed by atoms with van der Waals surface area (Å²) in [6.07, 6.45) is 1.92. The summed E-state index contributed by atoms with van der Waals surface area (Å²) in [7, 11) is 0. The predicted molar refractivity (Wildman–Crippen MR) is 96.3 cm³/mol. The fourth-order valence-electron chi connectivity index (χ4n) is 4.01. The normalized spacial score (nSPS) is 26.0. The molecule has 26 heavy (non-hydrogen) atoms. The number of hydrogen-bond donors (Lipinski definition) is 1. The molecule has 6 heteroatoms. The van der Waals surface area contributed by atoms with Gasteiger partial charge in [-0.05, 0) is 24.3 Å². The molecule has 0 radical (unpaired) electrons. The number of carboxylic acid groups (broad SMARTS) is 1. The van der Waals surface area contributed by atoms with Crippen LogP contribution < -0.4 is 0 Å². The molecule has 3 atom stereocenters. The largest absolute Gasteiger partial charge is 0.481 e. The third-order valence-corrected chi connectivity index (χ3v) is 5.56. The maximum atomic E-state index is 12.8. The van der Waals surface area contributed by atoms with Gasteiger partial charge in [-0.15, -0.1) is 0 Å². The van der Waals surface area contributed by atoms with E-state index in [2.05, 4.69) is 0 Å². The third kappa shape index (κ3) is 4.06. The molecule has 140 valence electrons. The number of nitrogens with zero attached hydrogens (tertiary/aromatic N) is 2. The second kappa shape index (κ2) is 7.89. The van der Waals surface area contributed by atoms with Crippen molar-refractivity contribution in [1.29, 1.82) is 0 Å². The second-order valence-corrected chi connectivity index (χ2v) is 7.51. The van der Waals surface area contributed by atoms with Gasteiger partial charge >= 0.3 is 5.97 Å². The monoisotopic (exact) mass is 358 g/mol. The van der Waals surface area contributed by atoms with Crippen LogP contribution in [-0.4, -0.2) is 58.9 Å². The molecule has 0 spiro atoms. The molecule has 1 aromatic carbocycles. The van der Waals surface area contributed by atoms with Crippen LogP contribution in [0, 0.1) is 17.8 Å². The van der Waals surface area contributed by atoms with Crippen LogP contribution in [0.1, 0.15) is 25.3 Å². The van der Waals surface area contributed by atoms with Crippen LogP contribution in [0.2, 0.25) is 0 Å². The molecule has 1 N–H and O–H groups in total. The lowest BCUT2D eigenvalue weighted by molar-refractivity contribution is -0.142. The third-order valence-electron chi connectivity index (χ3n) is 5.56. The molecule has 6 nitrogen and oxygen atoms in total. The second-order valence-electron chi connectivity index (χ2n) is 7.51. The van der Waals surface area contributed by atoms with Crippen molar-refractivity contribution in [1.82, 2.24) is 9.80 Å². The fraction of sp³-hybridized carbons (Fsp3) is 0.550. The summed E-state index contributed by atoms with van der Waals surface area (Å²) >= 11 is 0. The predicted octanol–water partition coefficient (Wildman–Crippen LogP) is 1.65. The van der Waals surface area contributed by atoms with Gasteiger partial charge in [0.1, 0.15) is 0 Å². The van der Waals surface area contributed by atoms with E-state index >= 15 is 0 Å². The van der Waals surface area contributed by atoms with Crippen molar-refractivity contribution in [2.45, 2.75) is 26.2 Å². The zero-order valence-electron chi connectivity index (χ0n) is 15.1. The van der Waals surface area contributed by atoms with E-state index in [-0.39, 0.29) is 30.2 Å². The lowest BCUT2D eigenvalue weighted by Gasteiger charge is -2.34. The highest BCUT2D eigenvalue weighted by molar-refractivity contribution is 5.83. The highest BCUT2D eigenvalue weighted by Gasteiger charge is 2.40. The van der Waals surface area contributed by atoms with Crippen molar-refractivity contribution in [2.75, 3.05) is 26.2 Å². The van der Waals surface area contributed by atoms with Crippen LogP contribution in [-0.2, 0) is 20.8 Å². The van der Waals surface area contributed by atoms with Gasteiger partial charge in [0.05, 0.1) is 18.3 Å². The number of carboxylic acids is 1. The molecule has 2 amide bonds. The molecule has 2 saturated heterocycles. The maximum Gasteiger partial charge on any atom is 0.308 e. The number of likely N-dealkylation sites (tertiary alicyclic amines) is 2. The Hall–Kier alpha value is -2.37. The molecular formula is C20H26N2O4. The first-order valence-corrected chi connectivity index (χ1v) is 9.29. The van der Waals surface area contributed by atoms with Crippen LogP contribution in [0.25, 0.3) is 0 Å². The minimum atomic E-state index is -0.837. The number of rotatable bonds is 4. The van der Waals surface area contributed by atoms with E-state index in [1.54, 1.807) is 9.80 Å². The Morgan fingerprint density at radius 3 is 2.46 bits per heavy atom. The number of aliphatic carboxylic acids is 1. The van der Waals surface area contributed by atoms with E-state index in [9.17, 15) is 19.5 Å². The lowest BCUT2D eigenvalue weighted by Crippen LogP contribution is -2.46. The molecule has 0 bridgehead atoms. The summed E-state index contributed by atoms with van der Waals surface area (Å²) in [5.41, 5.74) is 0.976. The molecule has 0 aromatic heterocycles. The van der Waals surface area contributed by atoms with Crippen LogP contribution in [0.15, 0.2) is 30.3 Å². The molecular weight excluding hydrogens is 332 g/mol. The fourth-order valence-corrected chi connectivity index (χ4v) is 4.01. The van der Waals surface area contributed by atoms with Gasteiger partial charge in [-0.2, -0.15) is 0 Å². The first kappa shape index (κ1) is 18.4. The Morgan fingerprint density at radius 2 is 1.81 bits per heavy atom. The quantitative estimate of drug-likeness (QED) is 0.888. The first-order chi connectivity index (χ1) is 12.5. The summed E-state index contributed by atoms with van der Waals surface area (Å²) in [5, 5.41) is 9.26. The van der Waals surface area contributed by atoms with E-state index in [0.29, 0.717) is 26.1 Å². The SMILES string of the molecule is C[C@@H]1CN(C(=O)C2CCCN(C(=O)Cc3ccccc3)C2)C[C@H]1C(=O)O. The maximum absolute atomic E-state index is 12.8. The lowest BCUT2D eigenvalue weighted by atomic mass is 9.96. The van der Waals surface area contributed by atoms with E-state index < -0.39 is 11.9 Å². The number of carbonyl (C=O) groups is 3. The molecule has 0 saturated carbocycles. The van der Waals surface area contributed by atoms with Gasteiger partial charge in [-0.25, -0.2) is 0 Å². The van der Waals surface area contributed by atoms with E-state index in [1.165, 1.54) is 0 Å². The number of piperidine rings is 1. The molecule has 3 rings (SSSR count). The summed E-state index contributed by atoms with van der Waals surface area (Å²) in [6.45, 7) is 3.77. The van der Waals surface area contributed by atoms with Crippen LogP contribution in [0.5, 0.6) is 0 Å². The molecule has 1 unspecified atom stereocenters. The average molecular weight is 358 g/mol. The number of carbonyl (C=O) groups excluding carboxylic acids is 2. The smallest absolute Gasteiger partial charge is 0.308 e. The van der Waals surface area contributed by atoms with Gasteiger partial charge in [0.15, 0.2) is 0 Å². The number of hydrogen-bond acceptors (Lipinski definition) is 3. The summed E-state index contributed by atoms with van der Waals surface area (Å²) in [5.74, 6) is -1.53. The molecule has 2 aliphatic rings. The van der Waals surface area contributed by atoms with Gasteiger partial charge in [0.25, 0.3) is 0 Å². The van der Waals surface area contributed by atoms with Crippen LogP contribution in [0.4, 0.5) is 0 Å². The van der Waals surface area contributed by atoms with Crippen molar-refractivity contribution >= 4 is 17.8 Å². The topological polar surface area (TPSA) is 77.9 Å². The van der Waals surface area contributed by atoms with Crippen molar-refractivity contribution in [2.24, 2.45) is 17.8 Å². The van der Waals surface area contributed by atoms with Crippen LogP contribution >= 0.6 is 0 Å². The molecule has 2 aliphatic heterocycles. The zero-order valence-corrected chi connectivity index (χ0v) is 15.1. The Kier molecular flexibility index (Phi) is 5.59. The van der Waals surface area contributed by atoms with E-state index in [4.69, 9.17) is 0 Å². The van der Waals surface area contributed by atoms with Gasteiger partial charge in [-0.3, -0.25) is 14.4 Å². The minimum Gasteiger partial charge on any atom is -0.481 e. The Balaban J connectivity index is 1.59. The van der Waals surface area contributed by atoms with Gasteiger partial charge < -0.3 is 14.9 Å². The molecule has 2 fully saturated rings. The van der Waals surface area contributed by atoms with Gasteiger partial charge in [0.2, 0.25) is 11.8 Å². The minimum absolute atomic E-state index is 0.00203. The van der Waals surface area contributed by atoms with Crippen LogP contribution in [0.3, 0.4) is 0 Å². The first-order valence-electron chi connectivity index (χ1n) is 9.29. The van der Waals surface area contributed by atoms with Gasteiger partial charge in [0, 0.05) is 26.2 Å². The average Bonchev–Trinajstić information content (AvgIpc) is 3.04. The molecule has 1 aromatic rings. The molecule has 0 aliphatic carbocycles. The Bertz CT molecular complexity index is 676. The molecule has 2 heterocycles. The highest BCUT2D eigenvalue weighted by atomic mass is 16.4. The van der Waals surface area contributed by atoms with Gasteiger partial charge in [-0.1, -0.05) is 37.3 Å². The standard InChI is InChI=1S/C20H26N2O4/c1-14-11-22(13-17(14)20(25)26)19(24)16-8-5-9-21(12-16)18(23)10-15-6-3-2-4-7-15/h2-4,6-7,14,16-17H,5,8-13H2,1H3,(H,25,26)/t14-,16?,17-/m1/s1. The van der Waals surface area contributed by atoms with Crippen molar-refractivity contribution in [3.05, 3.63) is 35.9 Å². The van der Waals surface area contributed by atoms with Crippen molar-refractivity contribution in [3.8, 4) is 0 Å².